The van der Waals surface area contributed by atoms with Crippen LogP contribution in [0.15, 0.2) is 0 Å². The Morgan fingerprint density at radius 3 is 2.56 bits per heavy atom. The molecule has 2 aliphatic rings. The Morgan fingerprint density at radius 1 is 1.56 bits per heavy atom. The number of nitrogens with zero attached hydrogens (tertiary/aromatic N) is 1. The summed E-state index contributed by atoms with van der Waals surface area (Å²) < 4.78 is 0. The van der Waals surface area contributed by atoms with E-state index in [1.165, 1.54) is 0 Å². The topological polar surface area (TPSA) is 32.3 Å². The van der Waals surface area contributed by atoms with Gasteiger partial charge in [0.25, 0.3) is 0 Å². The summed E-state index contributed by atoms with van der Waals surface area (Å²) in [5.74, 6) is 0.749. The maximum absolute atomic E-state index is 12.3. The highest BCUT2D eigenvalue weighted by molar-refractivity contribution is 5.85. The maximum Gasteiger partial charge on any atom is 0.241 e. The second kappa shape index (κ2) is 3.73. The predicted molar refractivity (Wildman–Crippen MR) is 64.9 cm³/mol. The molecule has 2 rings (SSSR count). The van der Waals surface area contributed by atoms with E-state index in [-0.39, 0.29) is 12.2 Å². The molecule has 3 nitrogen and oxygen atoms in total. The van der Waals surface area contributed by atoms with E-state index in [1.54, 1.807) is 0 Å². The highest BCUT2D eigenvalue weighted by Crippen LogP contribution is 2.50. The number of carbonyl (C=O) groups is 1. The Hall–Kier alpha value is -0.570. The normalized spacial score (nSPS) is 38.9. The second-order valence-corrected chi connectivity index (χ2v) is 6.16. The quantitative estimate of drug-likeness (QED) is 0.795. The molecule has 92 valence electrons. The molecule has 4 atom stereocenters. The van der Waals surface area contributed by atoms with E-state index in [0.717, 1.165) is 12.8 Å². The SMILES string of the molecule is CCC(C)C1NC(C)N(C2CC2(C)C)C1=O. The van der Waals surface area contributed by atoms with Crippen molar-refractivity contribution in [3.05, 3.63) is 0 Å². The van der Waals surface area contributed by atoms with Gasteiger partial charge in [-0.3, -0.25) is 10.1 Å². The fraction of sp³-hybridized carbons (Fsp3) is 0.923. The summed E-state index contributed by atoms with van der Waals surface area (Å²) in [7, 11) is 0. The zero-order valence-electron chi connectivity index (χ0n) is 11.1. The lowest BCUT2D eigenvalue weighted by molar-refractivity contribution is -0.131. The van der Waals surface area contributed by atoms with Gasteiger partial charge in [-0.15, -0.1) is 0 Å². The van der Waals surface area contributed by atoms with Crippen LogP contribution in [0.4, 0.5) is 0 Å². The van der Waals surface area contributed by atoms with Gasteiger partial charge in [-0.25, -0.2) is 0 Å². The third kappa shape index (κ3) is 1.75. The molecule has 1 heterocycles. The molecule has 4 unspecified atom stereocenters. The van der Waals surface area contributed by atoms with Crippen molar-refractivity contribution >= 4 is 5.91 Å². The van der Waals surface area contributed by atoms with Crippen molar-refractivity contribution in [3.63, 3.8) is 0 Å². The number of hydrogen-bond donors (Lipinski definition) is 1. The predicted octanol–water partition coefficient (Wildman–Crippen LogP) is 1.98. The first-order chi connectivity index (χ1) is 7.38. The molecule has 0 aromatic heterocycles. The van der Waals surface area contributed by atoms with Crippen molar-refractivity contribution in [3.8, 4) is 0 Å². The summed E-state index contributed by atoms with van der Waals surface area (Å²) in [6, 6.07) is 0.493. The Balaban J connectivity index is 2.09. The van der Waals surface area contributed by atoms with Gasteiger partial charge in [0.15, 0.2) is 0 Å². The standard InChI is InChI=1S/C13H24N2O/c1-6-8(2)11-12(16)15(9(3)14-11)10-7-13(10,4)5/h8-11,14H,6-7H2,1-5H3. The summed E-state index contributed by atoms with van der Waals surface area (Å²) in [5, 5.41) is 3.44. The number of carbonyl (C=O) groups excluding carboxylic acids is 1. The van der Waals surface area contributed by atoms with Gasteiger partial charge in [0.2, 0.25) is 5.91 Å². The third-order valence-electron chi connectivity index (χ3n) is 4.37. The number of nitrogens with one attached hydrogen (secondary N) is 1. The summed E-state index contributed by atoms with van der Waals surface area (Å²) in [6.07, 6.45) is 2.41. The van der Waals surface area contributed by atoms with Gasteiger partial charge in [-0.1, -0.05) is 34.1 Å². The minimum atomic E-state index is 0.0383. The number of hydrogen-bond acceptors (Lipinski definition) is 2. The fourth-order valence-corrected chi connectivity index (χ4v) is 2.74. The van der Waals surface area contributed by atoms with Crippen LogP contribution in [0, 0.1) is 11.3 Å². The van der Waals surface area contributed by atoms with Gasteiger partial charge in [0.05, 0.1) is 12.2 Å². The molecule has 0 aromatic carbocycles. The van der Waals surface area contributed by atoms with Crippen molar-refractivity contribution in [2.45, 2.75) is 65.7 Å². The van der Waals surface area contributed by atoms with Crippen molar-refractivity contribution in [1.82, 2.24) is 10.2 Å². The summed E-state index contributed by atoms with van der Waals surface area (Å²) in [5.41, 5.74) is 0.329. The molecule has 1 aliphatic heterocycles. The zero-order valence-corrected chi connectivity index (χ0v) is 11.1. The maximum atomic E-state index is 12.3. The Morgan fingerprint density at radius 2 is 2.12 bits per heavy atom. The first-order valence-corrected chi connectivity index (χ1v) is 6.46. The van der Waals surface area contributed by atoms with Crippen LogP contribution in [-0.4, -0.2) is 29.1 Å². The van der Waals surface area contributed by atoms with Crippen LogP contribution in [0.5, 0.6) is 0 Å². The minimum absolute atomic E-state index is 0.0383. The van der Waals surface area contributed by atoms with Crippen LogP contribution in [0.3, 0.4) is 0 Å². The van der Waals surface area contributed by atoms with E-state index in [9.17, 15) is 4.79 Å². The summed E-state index contributed by atoms with van der Waals surface area (Å²) >= 11 is 0. The Bertz CT molecular complexity index is 300. The highest BCUT2D eigenvalue weighted by Gasteiger charge is 2.55. The molecule has 0 spiro atoms. The van der Waals surface area contributed by atoms with Gasteiger partial charge in [0, 0.05) is 6.04 Å². The molecule has 2 fully saturated rings. The Labute approximate surface area is 98.6 Å². The summed E-state index contributed by atoms with van der Waals surface area (Å²) in [4.78, 5) is 14.4. The monoisotopic (exact) mass is 224 g/mol. The van der Waals surface area contributed by atoms with E-state index in [0.29, 0.717) is 23.3 Å². The minimum Gasteiger partial charge on any atom is -0.323 e. The van der Waals surface area contributed by atoms with E-state index < -0.39 is 0 Å². The molecule has 0 bridgehead atoms. The Kier molecular flexibility index (Phi) is 2.77. The molecule has 0 aromatic rings. The zero-order chi connectivity index (χ0) is 12.1. The average molecular weight is 224 g/mol. The first kappa shape index (κ1) is 11.9. The molecule has 16 heavy (non-hydrogen) atoms. The second-order valence-electron chi connectivity index (χ2n) is 6.16. The van der Waals surface area contributed by atoms with Crippen LogP contribution >= 0.6 is 0 Å². The molecule has 1 saturated heterocycles. The number of amides is 1. The van der Waals surface area contributed by atoms with Crippen molar-refractivity contribution in [2.75, 3.05) is 0 Å². The van der Waals surface area contributed by atoms with Crippen molar-refractivity contribution < 1.29 is 4.79 Å². The largest absolute Gasteiger partial charge is 0.323 e. The lowest BCUT2D eigenvalue weighted by atomic mass is 9.99. The van der Waals surface area contributed by atoms with Gasteiger partial charge in [-0.05, 0) is 24.7 Å². The van der Waals surface area contributed by atoms with E-state index >= 15 is 0 Å². The van der Waals surface area contributed by atoms with Crippen LogP contribution in [-0.2, 0) is 4.79 Å². The van der Waals surface area contributed by atoms with Gasteiger partial charge in [0.1, 0.15) is 0 Å². The molecule has 1 amide bonds. The molecular formula is C13H24N2O. The van der Waals surface area contributed by atoms with E-state index in [4.69, 9.17) is 0 Å². The van der Waals surface area contributed by atoms with Crippen molar-refractivity contribution in [2.24, 2.45) is 11.3 Å². The van der Waals surface area contributed by atoms with Gasteiger partial charge < -0.3 is 4.90 Å². The highest BCUT2D eigenvalue weighted by atomic mass is 16.2. The third-order valence-corrected chi connectivity index (χ3v) is 4.37. The fourth-order valence-electron chi connectivity index (χ4n) is 2.74. The van der Waals surface area contributed by atoms with E-state index in [1.807, 2.05) is 0 Å². The van der Waals surface area contributed by atoms with Crippen LogP contribution in [0.25, 0.3) is 0 Å². The molecule has 1 N–H and O–H groups in total. The molecule has 1 saturated carbocycles. The lowest BCUT2D eigenvalue weighted by Crippen LogP contribution is -2.38. The summed E-state index contributed by atoms with van der Waals surface area (Å²) in [6.45, 7) is 10.9. The van der Waals surface area contributed by atoms with Crippen LogP contribution in [0.2, 0.25) is 0 Å². The molecule has 0 radical (unpaired) electrons. The molecular weight excluding hydrogens is 200 g/mol. The van der Waals surface area contributed by atoms with Gasteiger partial charge >= 0.3 is 0 Å². The van der Waals surface area contributed by atoms with Crippen molar-refractivity contribution in [1.29, 1.82) is 0 Å². The lowest BCUT2D eigenvalue weighted by Gasteiger charge is -2.22. The average Bonchev–Trinajstić information content (AvgIpc) is 2.71. The first-order valence-electron chi connectivity index (χ1n) is 6.46. The molecule has 1 aliphatic carbocycles. The van der Waals surface area contributed by atoms with Crippen LogP contribution in [0.1, 0.15) is 47.5 Å². The number of rotatable bonds is 3. The van der Waals surface area contributed by atoms with Gasteiger partial charge in [-0.2, -0.15) is 0 Å². The van der Waals surface area contributed by atoms with Crippen LogP contribution < -0.4 is 5.32 Å². The molecule has 3 heteroatoms. The smallest absolute Gasteiger partial charge is 0.241 e. The van der Waals surface area contributed by atoms with E-state index in [2.05, 4.69) is 44.8 Å².